The molecule has 0 unspecified atom stereocenters. The zero-order valence-electron chi connectivity index (χ0n) is 18.3. The van der Waals surface area contributed by atoms with Gasteiger partial charge in [-0.15, -0.1) is 23.1 Å². The van der Waals surface area contributed by atoms with Crippen molar-refractivity contribution in [2.75, 3.05) is 18.8 Å². The third kappa shape index (κ3) is 4.43. The SMILES string of the molecule is CCN(CC)C(=O)CSc1nc2sc3c(c2c(=O)n1-c1ccccc1)CC(C)(C)SC3. The Morgan fingerprint density at radius 3 is 2.61 bits per heavy atom. The number of aromatic nitrogens is 2. The summed E-state index contributed by atoms with van der Waals surface area (Å²) in [6, 6.07) is 9.62. The molecule has 3 aromatic rings. The monoisotopic (exact) mass is 473 g/mol. The van der Waals surface area contributed by atoms with Gasteiger partial charge in [0.1, 0.15) is 4.83 Å². The molecule has 1 aromatic carbocycles. The second kappa shape index (κ2) is 9.00. The lowest BCUT2D eigenvalue weighted by Gasteiger charge is -2.28. The summed E-state index contributed by atoms with van der Waals surface area (Å²) in [6.07, 6.45) is 0.867. The molecule has 2 aromatic heterocycles. The molecule has 4 rings (SSSR count). The fraction of sp³-hybridized carbons (Fsp3) is 0.435. The van der Waals surface area contributed by atoms with Crippen LogP contribution in [0.5, 0.6) is 0 Å². The number of nitrogens with zero attached hydrogens (tertiary/aromatic N) is 3. The van der Waals surface area contributed by atoms with E-state index in [1.165, 1.54) is 16.6 Å². The van der Waals surface area contributed by atoms with Crippen LogP contribution < -0.4 is 5.56 Å². The second-order valence-corrected chi connectivity index (χ2v) is 11.8. The zero-order valence-corrected chi connectivity index (χ0v) is 20.8. The van der Waals surface area contributed by atoms with Gasteiger partial charge >= 0.3 is 0 Å². The first-order valence-corrected chi connectivity index (χ1v) is 13.3. The van der Waals surface area contributed by atoms with Crippen LogP contribution in [0.1, 0.15) is 38.1 Å². The quantitative estimate of drug-likeness (QED) is 0.373. The van der Waals surface area contributed by atoms with Crippen molar-refractivity contribution in [1.82, 2.24) is 14.5 Å². The first kappa shape index (κ1) is 22.4. The lowest BCUT2D eigenvalue weighted by Crippen LogP contribution is -2.32. The molecule has 0 saturated carbocycles. The lowest BCUT2D eigenvalue weighted by atomic mass is 10.00. The van der Waals surface area contributed by atoms with Crippen molar-refractivity contribution < 1.29 is 4.79 Å². The molecule has 0 aliphatic carbocycles. The number of carbonyl (C=O) groups excluding carboxylic acids is 1. The molecule has 8 heteroatoms. The van der Waals surface area contributed by atoms with Gasteiger partial charge in [0.05, 0.1) is 16.8 Å². The maximum atomic E-state index is 13.8. The lowest BCUT2D eigenvalue weighted by molar-refractivity contribution is -0.127. The molecule has 1 amide bonds. The topological polar surface area (TPSA) is 55.2 Å². The van der Waals surface area contributed by atoms with E-state index in [0.717, 1.165) is 33.6 Å². The summed E-state index contributed by atoms with van der Waals surface area (Å²) in [5.74, 6) is 1.24. The number of thioether (sulfide) groups is 2. The van der Waals surface area contributed by atoms with Crippen molar-refractivity contribution in [3.63, 3.8) is 0 Å². The number of hydrogen-bond donors (Lipinski definition) is 0. The summed E-state index contributed by atoms with van der Waals surface area (Å²) in [4.78, 5) is 35.2. The minimum Gasteiger partial charge on any atom is -0.343 e. The fourth-order valence-corrected chi connectivity index (χ4v) is 7.17. The molecular formula is C23H27N3O2S3. The van der Waals surface area contributed by atoms with Gasteiger partial charge in [-0.3, -0.25) is 14.2 Å². The van der Waals surface area contributed by atoms with E-state index >= 15 is 0 Å². The van der Waals surface area contributed by atoms with Crippen molar-refractivity contribution in [3.05, 3.63) is 51.1 Å². The van der Waals surface area contributed by atoms with E-state index in [2.05, 4.69) is 13.8 Å². The Morgan fingerprint density at radius 2 is 1.94 bits per heavy atom. The van der Waals surface area contributed by atoms with Gasteiger partial charge in [0.2, 0.25) is 5.91 Å². The molecule has 0 atom stereocenters. The second-order valence-electron chi connectivity index (χ2n) is 8.13. The van der Waals surface area contributed by atoms with E-state index in [1.54, 1.807) is 20.8 Å². The Bertz CT molecular complexity index is 1160. The minimum atomic E-state index is -0.0332. The van der Waals surface area contributed by atoms with E-state index in [1.807, 2.05) is 55.9 Å². The van der Waals surface area contributed by atoms with E-state index in [9.17, 15) is 9.59 Å². The Morgan fingerprint density at radius 1 is 1.23 bits per heavy atom. The maximum Gasteiger partial charge on any atom is 0.267 e. The molecule has 164 valence electrons. The standard InChI is InChI=1S/C23H27N3O2S3/c1-5-25(6-2)18(27)14-29-22-24-20-19(16-12-23(3,4)30-13-17(16)31-20)21(28)26(22)15-10-8-7-9-11-15/h7-11H,5-6,12-14H2,1-4H3. The highest BCUT2D eigenvalue weighted by molar-refractivity contribution is 8.00. The number of rotatable bonds is 6. The van der Waals surface area contributed by atoms with Gasteiger partial charge in [0.25, 0.3) is 5.56 Å². The zero-order chi connectivity index (χ0) is 22.2. The van der Waals surface area contributed by atoms with Crippen LogP contribution in [0, 0.1) is 0 Å². The normalized spacial score (nSPS) is 15.1. The van der Waals surface area contributed by atoms with Crippen LogP contribution in [0.4, 0.5) is 0 Å². The van der Waals surface area contributed by atoms with Crippen molar-refractivity contribution in [3.8, 4) is 5.69 Å². The van der Waals surface area contributed by atoms with Gasteiger partial charge in [0, 0.05) is 28.5 Å². The molecule has 31 heavy (non-hydrogen) atoms. The van der Waals surface area contributed by atoms with Gasteiger partial charge in [-0.1, -0.05) is 43.8 Å². The van der Waals surface area contributed by atoms with Gasteiger partial charge in [-0.2, -0.15) is 0 Å². The number of amides is 1. The third-order valence-corrected chi connectivity index (χ3v) is 9.12. The first-order chi connectivity index (χ1) is 14.8. The number of carbonyl (C=O) groups is 1. The predicted molar refractivity (Wildman–Crippen MR) is 133 cm³/mol. The summed E-state index contributed by atoms with van der Waals surface area (Å²) < 4.78 is 1.79. The highest BCUT2D eigenvalue weighted by atomic mass is 32.2. The number of thiophene rings is 1. The molecule has 5 nitrogen and oxygen atoms in total. The largest absolute Gasteiger partial charge is 0.343 e. The smallest absolute Gasteiger partial charge is 0.267 e. The Labute approximate surface area is 195 Å². The maximum absolute atomic E-state index is 13.8. The number of benzene rings is 1. The van der Waals surface area contributed by atoms with E-state index in [0.29, 0.717) is 18.2 Å². The molecule has 1 aliphatic rings. The van der Waals surface area contributed by atoms with Crippen LogP contribution in [0.3, 0.4) is 0 Å². The van der Waals surface area contributed by atoms with Gasteiger partial charge < -0.3 is 4.90 Å². The average Bonchev–Trinajstić information content (AvgIpc) is 3.10. The molecule has 0 spiro atoms. The van der Waals surface area contributed by atoms with Crippen molar-refractivity contribution in [1.29, 1.82) is 0 Å². The number of hydrogen-bond acceptors (Lipinski definition) is 6. The molecular weight excluding hydrogens is 446 g/mol. The Balaban J connectivity index is 1.84. The van der Waals surface area contributed by atoms with Gasteiger partial charge in [-0.05, 0) is 38.0 Å². The highest BCUT2D eigenvalue weighted by Crippen LogP contribution is 2.44. The van der Waals surface area contributed by atoms with E-state index in [4.69, 9.17) is 4.98 Å². The Hall–Kier alpha value is -1.77. The molecule has 0 saturated heterocycles. The average molecular weight is 474 g/mol. The van der Waals surface area contributed by atoms with E-state index in [-0.39, 0.29) is 22.0 Å². The first-order valence-electron chi connectivity index (χ1n) is 10.5. The summed E-state index contributed by atoms with van der Waals surface area (Å²) in [5.41, 5.74) is 1.90. The number of fused-ring (bicyclic) bond motifs is 3. The van der Waals surface area contributed by atoms with Gasteiger partial charge in [0.15, 0.2) is 5.16 Å². The third-order valence-electron chi connectivity index (χ3n) is 5.53. The van der Waals surface area contributed by atoms with Gasteiger partial charge in [-0.25, -0.2) is 4.98 Å². The highest BCUT2D eigenvalue weighted by Gasteiger charge is 2.31. The predicted octanol–water partition coefficient (Wildman–Crippen LogP) is 4.98. The van der Waals surface area contributed by atoms with Crippen molar-refractivity contribution in [2.24, 2.45) is 0 Å². The van der Waals surface area contributed by atoms with Crippen LogP contribution in [0.25, 0.3) is 15.9 Å². The van der Waals surface area contributed by atoms with E-state index < -0.39 is 0 Å². The minimum absolute atomic E-state index is 0.0332. The van der Waals surface area contributed by atoms with Crippen molar-refractivity contribution >= 4 is 51.0 Å². The molecule has 1 aliphatic heterocycles. The van der Waals surface area contributed by atoms with Crippen LogP contribution in [-0.4, -0.2) is 43.9 Å². The Kier molecular flexibility index (Phi) is 6.51. The molecule has 3 heterocycles. The van der Waals surface area contributed by atoms with Crippen LogP contribution >= 0.6 is 34.9 Å². The molecule has 0 N–H and O–H groups in total. The van der Waals surface area contributed by atoms with Crippen LogP contribution in [-0.2, 0) is 17.0 Å². The molecule has 0 bridgehead atoms. The molecule has 0 fully saturated rings. The summed E-state index contributed by atoms with van der Waals surface area (Å²) in [6.45, 7) is 9.78. The van der Waals surface area contributed by atoms with Crippen LogP contribution in [0.15, 0.2) is 40.3 Å². The fourth-order valence-electron chi connectivity index (χ4n) is 3.87. The number of para-hydroxylation sites is 1. The summed E-state index contributed by atoms with van der Waals surface area (Å²) in [7, 11) is 0. The summed E-state index contributed by atoms with van der Waals surface area (Å²) >= 11 is 4.90. The van der Waals surface area contributed by atoms with Crippen LogP contribution in [0.2, 0.25) is 0 Å². The van der Waals surface area contributed by atoms with Crippen molar-refractivity contribution in [2.45, 2.75) is 49.8 Å². The molecule has 0 radical (unpaired) electrons. The summed E-state index contributed by atoms with van der Waals surface area (Å²) in [5, 5.41) is 1.33.